The minimum Gasteiger partial charge on any atom is -0.0901 e. The van der Waals surface area contributed by atoms with Crippen LogP contribution in [0.4, 0.5) is 0 Å². The minimum atomic E-state index is 0.229. The van der Waals surface area contributed by atoms with E-state index in [0.717, 1.165) is 0 Å². The van der Waals surface area contributed by atoms with Gasteiger partial charge in [0.1, 0.15) is 0 Å². The summed E-state index contributed by atoms with van der Waals surface area (Å²) in [6.45, 7) is 8.85. The van der Waals surface area contributed by atoms with Crippen molar-refractivity contribution in [3.63, 3.8) is 0 Å². The largest absolute Gasteiger partial charge is 0.0901 e. The molecule has 0 nitrogen and oxygen atoms in total. The Hall–Kier alpha value is -1.21. The Morgan fingerprint density at radius 3 is 1.61 bits per heavy atom. The molecule has 2 aromatic rings. The van der Waals surface area contributed by atoms with Crippen LogP contribution in [0.3, 0.4) is 0 Å². The summed E-state index contributed by atoms with van der Waals surface area (Å²) in [6.07, 6.45) is 0. The zero-order valence-electron chi connectivity index (χ0n) is 11.5. The summed E-state index contributed by atoms with van der Waals surface area (Å²) in [5.74, 6) is 0. The van der Waals surface area contributed by atoms with E-state index in [4.69, 9.17) is 0 Å². The molecule has 2 rings (SSSR count). The number of benzene rings is 2. The van der Waals surface area contributed by atoms with Gasteiger partial charge in [0, 0.05) is 9.79 Å². The summed E-state index contributed by atoms with van der Waals surface area (Å²) in [7, 11) is 0. The van der Waals surface area contributed by atoms with E-state index in [9.17, 15) is 0 Å². The zero-order valence-corrected chi connectivity index (χ0v) is 12.3. The van der Waals surface area contributed by atoms with Crippen molar-refractivity contribution in [1.82, 2.24) is 0 Å². The fraction of sp³-hybridized carbons (Fsp3) is 0.294. The Labute approximate surface area is 114 Å². The lowest BCUT2D eigenvalue weighted by Gasteiger charge is -2.19. The predicted octanol–water partition coefficient (Wildman–Crippen LogP) is 5.44. The molecule has 0 bridgehead atoms. The van der Waals surface area contributed by atoms with Gasteiger partial charge in [0.05, 0.1) is 0 Å². The maximum absolute atomic E-state index is 2.25. The van der Waals surface area contributed by atoms with Crippen LogP contribution >= 0.6 is 11.8 Å². The lowest BCUT2D eigenvalue weighted by atomic mass is 9.87. The maximum Gasteiger partial charge on any atom is 0.0122 e. The van der Waals surface area contributed by atoms with Crippen LogP contribution in [0.15, 0.2) is 58.3 Å². The molecule has 0 saturated heterocycles. The summed E-state index contributed by atoms with van der Waals surface area (Å²) < 4.78 is 0. The number of rotatable bonds is 2. The van der Waals surface area contributed by atoms with Gasteiger partial charge in [-0.2, -0.15) is 0 Å². The van der Waals surface area contributed by atoms with Crippen LogP contribution in [0, 0.1) is 6.92 Å². The molecule has 18 heavy (non-hydrogen) atoms. The average molecular weight is 256 g/mol. The second-order valence-electron chi connectivity index (χ2n) is 5.69. The quantitative estimate of drug-likeness (QED) is 0.689. The van der Waals surface area contributed by atoms with E-state index < -0.39 is 0 Å². The third kappa shape index (κ3) is 3.39. The SMILES string of the molecule is Cc1ccc(Sc2ccc(C(C)(C)C)cc2)cc1. The molecule has 0 aromatic heterocycles. The lowest BCUT2D eigenvalue weighted by molar-refractivity contribution is 0.590. The van der Waals surface area contributed by atoms with Crippen molar-refractivity contribution < 1.29 is 0 Å². The van der Waals surface area contributed by atoms with Gasteiger partial charge in [-0.15, -0.1) is 0 Å². The van der Waals surface area contributed by atoms with Crippen molar-refractivity contribution in [3.8, 4) is 0 Å². The van der Waals surface area contributed by atoms with E-state index in [2.05, 4.69) is 76.2 Å². The first kappa shape index (κ1) is 13.2. The fourth-order valence-corrected chi connectivity index (χ4v) is 2.58. The molecule has 1 heteroatoms. The smallest absolute Gasteiger partial charge is 0.0122 e. The molecule has 0 saturated carbocycles. The lowest BCUT2D eigenvalue weighted by Crippen LogP contribution is -2.10. The summed E-state index contributed by atoms with van der Waals surface area (Å²) in [4.78, 5) is 2.59. The third-order valence-electron chi connectivity index (χ3n) is 2.98. The molecule has 0 aliphatic rings. The number of aryl methyl sites for hydroxylation is 1. The molecule has 0 fully saturated rings. The first-order valence-electron chi connectivity index (χ1n) is 6.30. The van der Waals surface area contributed by atoms with Crippen LogP contribution in [-0.2, 0) is 5.41 Å². The van der Waals surface area contributed by atoms with Crippen LogP contribution < -0.4 is 0 Å². The molecule has 0 heterocycles. The minimum absolute atomic E-state index is 0.229. The highest BCUT2D eigenvalue weighted by molar-refractivity contribution is 7.99. The fourth-order valence-electron chi connectivity index (χ4n) is 1.77. The molecule has 0 spiro atoms. The van der Waals surface area contributed by atoms with Crippen molar-refractivity contribution in [3.05, 3.63) is 59.7 Å². The summed E-state index contributed by atoms with van der Waals surface area (Å²) in [5.41, 5.74) is 2.92. The van der Waals surface area contributed by atoms with Crippen LogP contribution in [0.2, 0.25) is 0 Å². The van der Waals surface area contributed by atoms with Crippen molar-refractivity contribution in [1.29, 1.82) is 0 Å². The van der Waals surface area contributed by atoms with Gasteiger partial charge in [0.15, 0.2) is 0 Å². The summed E-state index contributed by atoms with van der Waals surface area (Å²) in [6, 6.07) is 17.6. The van der Waals surface area contributed by atoms with Crippen molar-refractivity contribution in [2.24, 2.45) is 0 Å². The number of hydrogen-bond donors (Lipinski definition) is 0. The highest BCUT2D eigenvalue weighted by Gasteiger charge is 2.12. The molecule has 2 aromatic carbocycles. The Kier molecular flexibility index (Phi) is 3.82. The second-order valence-corrected chi connectivity index (χ2v) is 6.84. The summed E-state index contributed by atoms with van der Waals surface area (Å²) >= 11 is 1.82. The first-order chi connectivity index (χ1) is 8.45. The average Bonchev–Trinajstić information content (AvgIpc) is 2.32. The van der Waals surface area contributed by atoms with Gasteiger partial charge in [-0.25, -0.2) is 0 Å². The monoisotopic (exact) mass is 256 g/mol. The van der Waals surface area contributed by atoms with Gasteiger partial charge < -0.3 is 0 Å². The van der Waals surface area contributed by atoms with Crippen molar-refractivity contribution >= 4 is 11.8 Å². The summed E-state index contributed by atoms with van der Waals surface area (Å²) in [5, 5.41) is 0. The molecule has 0 N–H and O–H groups in total. The molecule has 0 aliphatic heterocycles. The van der Waals surface area contributed by atoms with E-state index in [-0.39, 0.29) is 5.41 Å². The van der Waals surface area contributed by atoms with Crippen LogP contribution in [0.1, 0.15) is 31.9 Å². The molecule has 94 valence electrons. The molecular weight excluding hydrogens is 236 g/mol. The van der Waals surface area contributed by atoms with Gasteiger partial charge in [-0.1, -0.05) is 62.4 Å². The van der Waals surface area contributed by atoms with Gasteiger partial charge in [0.25, 0.3) is 0 Å². The Morgan fingerprint density at radius 2 is 1.17 bits per heavy atom. The highest BCUT2D eigenvalue weighted by atomic mass is 32.2. The van der Waals surface area contributed by atoms with E-state index >= 15 is 0 Å². The van der Waals surface area contributed by atoms with Crippen LogP contribution in [0.25, 0.3) is 0 Å². The number of hydrogen-bond acceptors (Lipinski definition) is 1. The van der Waals surface area contributed by atoms with Crippen LogP contribution in [0.5, 0.6) is 0 Å². The van der Waals surface area contributed by atoms with Crippen LogP contribution in [-0.4, -0.2) is 0 Å². The molecular formula is C17H20S. The third-order valence-corrected chi connectivity index (χ3v) is 3.99. The predicted molar refractivity (Wildman–Crippen MR) is 80.4 cm³/mol. The molecule has 0 atom stereocenters. The van der Waals surface area contributed by atoms with E-state index in [0.29, 0.717) is 0 Å². The van der Waals surface area contributed by atoms with Gasteiger partial charge >= 0.3 is 0 Å². The molecule has 0 radical (unpaired) electrons. The normalized spacial score (nSPS) is 11.6. The van der Waals surface area contributed by atoms with E-state index in [1.54, 1.807) is 0 Å². The first-order valence-corrected chi connectivity index (χ1v) is 7.12. The highest BCUT2D eigenvalue weighted by Crippen LogP contribution is 2.30. The van der Waals surface area contributed by atoms with Gasteiger partial charge in [-0.3, -0.25) is 0 Å². The second kappa shape index (κ2) is 5.19. The Bertz CT molecular complexity index is 501. The molecule has 0 unspecified atom stereocenters. The van der Waals surface area contributed by atoms with E-state index in [1.165, 1.54) is 20.9 Å². The Morgan fingerprint density at radius 1 is 0.722 bits per heavy atom. The zero-order chi connectivity index (χ0) is 13.2. The van der Waals surface area contributed by atoms with Crippen molar-refractivity contribution in [2.75, 3.05) is 0 Å². The maximum atomic E-state index is 2.25. The van der Waals surface area contributed by atoms with Gasteiger partial charge in [0.2, 0.25) is 0 Å². The standard InChI is InChI=1S/C17H20S/c1-13-5-9-15(10-6-13)18-16-11-7-14(8-12-16)17(2,3)4/h5-12H,1-4H3. The van der Waals surface area contributed by atoms with Crippen molar-refractivity contribution in [2.45, 2.75) is 42.9 Å². The topological polar surface area (TPSA) is 0 Å². The van der Waals surface area contributed by atoms with E-state index in [1.807, 2.05) is 11.8 Å². The van der Waals surface area contributed by atoms with Gasteiger partial charge in [-0.05, 0) is 42.2 Å². The Balaban J connectivity index is 2.13. The molecule has 0 amide bonds. The molecule has 0 aliphatic carbocycles.